The van der Waals surface area contributed by atoms with Gasteiger partial charge in [0.2, 0.25) is 23.6 Å². The predicted molar refractivity (Wildman–Crippen MR) is 88.2 cm³/mol. The molecule has 0 spiro atoms. The van der Waals surface area contributed by atoms with E-state index in [2.05, 4.69) is 16.0 Å². The fraction of sp³-hybridized carbons (Fsp3) is 0.643. The molecule has 0 saturated heterocycles. The number of aliphatic hydroxyl groups is 1. The van der Waals surface area contributed by atoms with Crippen LogP contribution in [-0.2, 0) is 24.0 Å². The number of carbonyl (C=O) groups excluding carboxylic acids is 4. The van der Waals surface area contributed by atoms with Gasteiger partial charge in [0.1, 0.15) is 24.2 Å². The minimum absolute atomic E-state index is 0.606. The summed E-state index contributed by atoms with van der Waals surface area (Å²) < 4.78 is 0. The molecule has 0 fully saturated rings. The topological polar surface area (TPSA) is 214 Å². The fourth-order valence-corrected chi connectivity index (χ4v) is 1.70. The summed E-state index contributed by atoms with van der Waals surface area (Å²) >= 11 is 0. The molecule has 0 rings (SSSR count). The van der Waals surface area contributed by atoms with Crippen molar-refractivity contribution in [2.75, 3.05) is 0 Å². The second-order valence-electron chi connectivity index (χ2n) is 5.80. The van der Waals surface area contributed by atoms with Crippen LogP contribution in [0.15, 0.2) is 0 Å². The van der Waals surface area contributed by atoms with Crippen LogP contribution in [0.2, 0.25) is 0 Å². The maximum absolute atomic E-state index is 12.0. The molecule has 0 radical (unpaired) electrons. The molecule has 12 heteroatoms. The van der Waals surface area contributed by atoms with Gasteiger partial charge in [-0.3, -0.25) is 19.2 Å². The van der Waals surface area contributed by atoms with Crippen LogP contribution in [0.3, 0.4) is 0 Å². The quantitative estimate of drug-likeness (QED) is 0.200. The molecule has 26 heavy (non-hydrogen) atoms. The summed E-state index contributed by atoms with van der Waals surface area (Å²) in [7, 11) is 0. The number of nitrogens with one attached hydrogen (secondary N) is 3. The molecule has 0 aliphatic heterocycles. The number of aliphatic hydroxyl groups excluding tert-OH is 1. The molecule has 4 amide bonds. The maximum Gasteiger partial charge on any atom is 0.326 e. The molecule has 0 heterocycles. The first-order valence-electron chi connectivity index (χ1n) is 7.72. The summed E-state index contributed by atoms with van der Waals surface area (Å²) in [6.45, 7) is 3.93. The van der Waals surface area contributed by atoms with Crippen molar-refractivity contribution in [2.45, 2.75) is 57.5 Å². The molecular weight excluding hydrogens is 350 g/mol. The molecule has 9 N–H and O–H groups in total. The number of carbonyl (C=O) groups is 5. The van der Waals surface area contributed by atoms with Crippen molar-refractivity contribution < 1.29 is 34.2 Å². The molecule has 5 atom stereocenters. The van der Waals surface area contributed by atoms with Gasteiger partial charge >= 0.3 is 5.97 Å². The summed E-state index contributed by atoms with van der Waals surface area (Å²) in [5.41, 5.74) is 10.3. The van der Waals surface area contributed by atoms with Crippen molar-refractivity contribution in [2.24, 2.45) is 11.5 Å². The highest BCUT2D eigenvalue weighted by Crippen LogP contribution is 1.96. The Morgan fingerprint density at radius 1 is 0.885 bits per heavy atom. The molecule has 0 bridgehead atoms. The van der Waals surface area contributed by atoms with Gasteiger partial charge in [-0.05, 0) is 20.8 Å². The number of carboxylic acid groups (broad SMARTS) is 1. The van der Waals surface area contributed by atoms with Crippen LogP contribution in [0.25, 0.3) is 0 Å². The maximum atomic E-state index is 12.0. The highest BCUT2D eigenvalue weighted by molar-refractivity contribution is 5.94. The van der Waals surface area contributed by atoms with Gasteiger partial charge in [-0.15, -0.1) is 0 Å². The van der Waals surface area contributed by atoms with Crippen LogP contribution in [-0.4, -0.2) is 70.1 Å². The molecule has 12 nitrogen and oxygen atoms in total. The first kappa shape index (κ1) is 23.3. The van der Waals surface area contributed by atoms with Crippen molar-refractivity contribution in [1.29, 1.82) is 0 Å². The number of nitrogens with two attached hydrogens (primary N) is 2. The van der Waals surface area contributed by atoms with Crippen molar-refractivity contribution >= 4 is 29.6 Å². The molecule has 0 aliphatic rings. The van der Waals surface area contributed by atoms with Crippen LogP contribution in [0.4, 0.5) is 0 Å². The number of carboxylic acids is 1. The number of amides is 4. The van der Waals surface area contributed by atoms with E-state index in [1.807, 2.05) is 0 Å². The van der Waals surface area contributed by atoms with E-state index in [-0.39, 0.29) is 0 Å². The van der Waals surface area contributed by atoms with Crippen molar-refractivity contribution in [1.82, 2.24) is 16.0 Å². The Hall–Kier alpha value is -2.73. The summed E-state index contributed by atoms with van der Waals surface area (Å²) in [6.07, 6.45) is -1.72. The Morgan fingerprint density at radius 2 is 1.31 bits per heavy atom. The van der Waals surface area contributed by atoms with Gasteiger partial charge in [0, 0.05) is 0 Å². The van der Waals surface area contributed by atoms with Gasteiger partial charge in [0.15, 0.2) is 0 Å². The van der Waals surface area contributed by atoms with E-state index in [0.717, 1.165) is 0 Å². The monoisotopic (exact) mass is 375 g/mol. The predicted octanol–water partition coefficient (Wildman–Crippen LogP) is -3.85. The smallest absolute Gasteiger partial charge is 0.326 e. The lowest BCUT2D eigenvalue weighted by molar-refractivity contribution is -0.143. The molecule has 5 unspecified atom stereocenters. The van der Waals surface area contributed by atoms with Crippen LogP contribution < -0.4 is 27.4 Å². The number of aliphatic carboxylic acids is 1. The second-order valence-corrected chi connectivity index (χ2v) is 5.80. The lowest BCUT2D eigenvalue weighted by Crippen LogP contribution is -2.56. The normalized spacial score (nSPS) is 16.3. The fourth-order valence-electron chi connectivity index (χ4n) is 1.70. The Bertz CT molecular complexity index is 566. The number of primary amides is 1. The summed E-state index contributed by atoms with van der Waals surface area (Å²) in [5.74, 6) is -4.72. The van der Waals surface area contributed by atoms with Crippen LogP contribution in [0, 0.1) is 0 Å². The highest BCUT2D eigenvalue weighted by atomic mass is 16.4. The highest BCUT2D eigenvalue weighted by Gasteiger charge is 2.27. The zero-order valence-corrected chi connectivity index (χ0v) is 14.7. The van der Waals surface area contributed by atoms with E-state index in [0.29, 0.717) is 0 Å². The Balaban J connectivity index is 4.68. The number of hydrogen-bond acceptors (Lipinski definition) is 7. The van der Waals surface area contributed by atoms with Crippen LogP contribution in [0.1, 0.15) is 27.2 Å². The molecule has 0 aromatic carbocycles. The standard InChI is InChI=1S/C14H25N5O7/c1-5(18-13(24)10(16)7(3)20)11(22)17-6(2)12(23)19-8(14(25)26)4-9(15)21/h5-8,10,20H,4,16H2,1-3H3,(H2,15,21)(H,17,22)(H,18,24)(H,19,23)(H,25,26). The van der Waals surface area contributed by atoms with Crippen molar-refractivity contribution in [3.8, 4) is 0 Å². The van der Waals surface area contributed by atoms with Crippen molar-refractivity contribution in [3.63, 3.8) is 0 Å². The van der Waals surface area contributed by atoms with E-state index in [1.54, 1.807) is 0 Å². The van der Waals surface area contributed by atoms with Crippen LogP contribution in [0.5, 0.6) is 0 Å². The number of hydrogen-bond donors (Lipinski definition) is 7. The van der Waals surface area contributed by atoms with E-state index < -0.39 is 66.3 Å². The lowest BCUT2D eigenvalue weighted by atomic mass is 10.1. The minimum Gasteiger partial charge on any atom is -0.480 e. The largest absolute Gasteiger partial charge is 0.480 e. The van der Waals surface area contributed by atoms with Gasteiger partial charge in [-0.25, -0.2) is 4.79 Å². The first-order chi connectivity index (χ1) is 11.9. The molecule has 0 saturated carbocycles. The number of rotatable bonds is 10. The van der Waals surface area contributed by atoms with Gasteiger partial charge in [-0.1, -0.05) is 0 Å². The van der Waals surface area contributed by atoms with E-state index >= 15 is 0 Å². The van der Waals surface area contributed by atoms with Gasteiger partial charge in [-0.2, -0.15) is 0 Å². The molecule has 0 aromatic heterocycles. The Morgan fingerprint density at radius 3 is 1.69 bits per heavy atom. The molecule has 0 aromatic rings. The Kier molecular flexibility index (Phi) is 9.22. The third-order valence-electron chi connectivity index (χ3n) is 3.35. The molecule has 0 aliphatic carbocycles. The zero-order chi connectivity index (χ0) is 20.6. The minimum atomic E-state index is -1.53. The van der Waals surface area contributed by atoms with Gasteiger partial charge < -0.3 is 37.6 Å². The third-order valence-corrected chi connectivity index (χ3v) is 3.35. The van der Waals surface area contributed by atoms with Gasteiger partial charge in [0.25, 0.3) is 0 Å². The van der Waals surface area contributed by atoms with E-state index in [1.165, 1.54) is 20.8 Å². The van der Waals surface area contributed by atoms with E-state index in [9.17, 15) is 29.1 Å². The van der Waals surface area contributed by atoms with E-state index in [4.69, 9.17) is 16.6 Å². The lowest BCUT2D eigenvalue weighted by Gasteiger charge is -2.21. The van der Waals surface area contributed by atoms with Gasteiger partial charge in [0.05, 0.1) is 12.5 Å². The second kappa shape index (κ2) is 10.3. The average Bonchev–Trinajstić information content (AvgIpc) is 2.52. The Labute approximate surface area is 149 Å². The SMILES string of the molecule is CC(NC(=O)C(C)NC(=O)C(N)C(C)O)C(=O)NC(CC(N)=O)C(=O)O. The summed E-state index contributed by atoms with van der Waals surface area (Å²) in [5, 5.41) is 24.8. The summed E-state index contributed by atoms with van der Waals surface area (Å²) in [4.78, 5) is 57.4. The third kappa shape index (κ3) is 7.90. The molecule has 148 valence electrons. The summed E-state index contributed by atoms with van der Waals surface area (Å²) in [6, 6.07) is -4.97. The van der Waals surface area contributed by atoms with Crippen LogP contribution >= 0.6 is 0 Å². The zero-order valence-electron chi connectivity index (χ0n) is 14.7. The average molecular weight is 375 g/mol. The molecular formula is C14H25N5O7. The first-order valence-corrected chi connectivity index (χ1v) is 7.72. The van der Waals surface area contributed by atoms with Crippen molar-refractivity contribution in [3.05, 3.63) is 0 Å².